The molecule has 1 aliphatic heterocycles. The highest BCUT2D eigenvalue weighted by molar-refractivity contribution is 5.68. The second-order valence-corrected chi connectivity index (χ2v) is 8.27. The molecule has 2 fully saturated rings. The fourth-order valence-electron chi connectivity index (χ4n) is 3.83. The molecule has 3 rings (SSSR count). The van der Waals surface area contributed by atoms with Crippen LogP contribution in [0.15, 0.2) is 30.3 Å². The molecule has 2 aliphatic rings. The first-order valence-corrected chi connectivity index (χ1v) is 9.18. The minimum Gasteiger partial charge on any atom is -0.444 e. The molecule has 0 unspecified atom stereocenters. The van der Waals surface area contributed by atoms with Gasteiger partial charge in [-0.2, -0.15) is 0 Å². The summed E-state index contributed by atoms with van der Waals surface area (Å²) in [4.78, 5) is 14.3. The summed E-state index contributed by atoms with van der Waals surface area (Å²) in [5.41, 5.74) is 1.25. The molecule has 1 saturated carbocycles. The van der Waals surface area contributed by atoms with Crippen LogP contribution in [-0.2, 0) is 4.74 Å². The summed E-state index contributed by atoms with van der Waals surface area (Å²) in [7, 11) is 0. The number of carbonyl (C=O) groups is 1. The van der Waals surface area contributed by atoms with Crippen LogP contribution < -0.4 is 5.32 Å². The van der Waals surface area contributed by atoms with Crippen LogP contribution in [0.2, 0.25) is 0 Å². The molecular weight excluding hydrogens is 300 g/mol. The lowest BCUT2D eigenvalue weighted by molar-refractivity contribution is -0.0445. The standard InChI is InChI=1S/C20H30N2O2/c1-20(2,3)21-19(23)24-18-13-22(14-18)17-11-9-16(10-12-17)15-7-5-4-6-8-15/h4-8,16-18H,9-14H2,1-3H3,(H,21,23). The summed E-state index contributed by atoms with van der Waals surface area (Å²) >= 11 is 0. The number of benzene rings is 1. The third-order valence-electron chi connectivity index (χ3n) is 5.11. The Morgan fingerprint density at radius 1 is 1.08 bits per heavy atom. The number of hydrogen-bond acceptors (Lipinski definition) is 3. The molecular formula is C20H30N2O2. The molecule has 0 radical (unpaired) electrons. The second-order valence-electron chi connectivity index (χ2n) is 8.27. The van der Waals surface area contributed by atoms with Crippen molar-refractivity contribution in [1.29, 1.82) is 0 Å². The van der Waals surface area contributed by atoms with Crippen LogP contribution in [0, 0.1) is 0 Å². The Hall–Kier alpha value is -1.55. The number of alkyl carbamates (subject to hydrolysis) is 1. The van der Waals surface area contributed by atoms with Gasteiger partial charge in [0.05, 0.1) is 0 Å². The monoisotopic (exact) mass is 330 g/mol. The van der Waals surface area contributed by atoms with Gasteiger partial charge in [-0.1, -0.05) is 30.3 Å². The number of nitrogens with one attached hydrogen (secondary N) is 1. The van der Waals surface area contributed by atoms with Crippen LogP contribution in [0.4, 0.5) is 4.79 Å². The van der Waals surface area contributed by atoms with Gasteiger partial charge >= 0.3 is 6.09 Å². The Morgan fingerprint density at radius 2 is 1.71 bits per heavy atom. The lowest BCUT2D eigenvalue weighted by Crippen LogP contribution is -2.58. The van der Waals surface area contributed by atoms with E-state index in [0.717, 1.165) is 13.1 Å². The number of rotatable bonds is 3. The molecule has 1 heterocycles. The van der Waals surface area contributed by atoms with Crippen molar-refractivity contribution in [3.63, 3.8) is 0 Å². The number of nitrogens with zero attached hydrogens (tertiary/aromatic N) is 1. The number of ether oxygens (including phenoxy) is 1. The third-order valence-corrected chi connectivity index (χ3v) is 5.11. The van der Waals surface area contributed by atoms with Gasteiger partial charge in [0.2, 0.25) is 0 Å². The Balaban J connectivity index is 1.38. The first kappa shape index (κ1) is 17.3. The number of carbonyl (C=O) groups excluding carboxylic acids is 1. The van der Waals surface area contributed by atoms with E-state index < -0.39 is 0 Å². The fraction of sp³-hybridized carbons (Fsp3) is 0.650. The minimum absolute atomic E-state index is 0.0548. The number of hydrogen-bond donors (Lipinski definition) is 1. The highest BCUT2D eigenvalue weighted by atomic mass is 16.6. The summed E-state index contributed by atoms with van der Waals surface area (Å²) < 4.78 is 5.48. The highest BCUT2D eigenvalue weighted by Crippen LogP contribution is 2.36. The van der Waals surface area contributed by atoms with E-state index >= 15 is 0 Å². The topological polar surface area (TPSA) is 41.6 Å². The quantitative estimate of drug-likeness (QED) is 0.913. The molecule has 0 spiro atoms. The second kappa shape index (κ2) is 7.14. The van der Waals surface area contributed by atoms with Gasteiger partial charge < -0.3 is 10.1 Å². The average molecular weight is 330 g/mol. The van der Waals surface area contributed by atoms with Crippen LogP contribution in [0.3, 0.4) is 0 Å². The van der Waals surface area contributed by atoms with Crippen molar-refractivity contribution >= 4 is 6.09 Å². The van der Waals surface area contributed by atoms with E-state index in [1.807, 2.05) is 20.8 Å². The maximum absolute atomic E-state index is 11.8. The van der Waals surface area contributed by atoms with Crippen LogP contribution in [0.1, 0.15) is 57.9 Å². The van der Waals surface area contributed by atoms with Crippen LogP contribution in [-0.4, -0.2) is 41.8 Å². The molecule has 1 N–H and O–H groups in total. The Morgan fingerprint density at radius 3 is 2.29 bits per heavy atom. The molecule has 0 bridgehead atoms. The maximum atomic E-state index is 11.8. The number of amides is 1. The van der Waals surface area contributed by atoms with E-state index in [-0.39, 0.29) is 17.7 Å². The summed E-state index contributed by atoms with van der Waals surface area (Å²) in [5.74, 6) is 0.716. The smallest absolute Gasteiger partial charge is 0.407 e. The van der Waals surface area contributed by atoms with Gasteiger partial charge in [-0.3, -0.25) is 4.90 Å². The highest BCUT2D eigenvalue weighted by Gasteiger charge is 2.37. The summed E-state index contributed by atoms with van der Waals surface area (Å²) in [6.07, 6.45) is 4.79. The van der Waals surface area contributed by atoms with Gasteiger partial charge in [-0.25, -0.2) is 4.79 Å². The molecule has 1 saturated heterocycles. The third kappa shape index (κ3) is 4.50. The van der Waals surface area contributed by atoms with Crippen molar-refractivity contribution in [3.05, 3.63) is 35.9 Å². The summed E-state index contributed by atoms with van der Waals surface area (Å²) in [6, 6.07) is 11.5. The molecule has 0 atom stereocenters. The van der Waals surface area contributed by atoms with Gasteiger partial charge in [0.1, 0.15) is 6.10 Å². The van der Waals surface area contributed by atoms with Crippen molar-refractivity contribution < 1.29 is 9.53 Å². The van der Waals surface area contributed by atoms with E-state index in [4.69, 9.17) is 4.74 Å². The molecule has 4 nitrogen and oxygen atoms in total. The molecule has 132 valence electrons. The first-order chi connectivity index (χ1) is 11.4. The van der Waals surface area contributed by atoms with E-state index in [1.165, 1.54) is 31.2 Å². The van der Waals surface area contributed by atoms with Gasteiger partial charge in [0.15, 0.2) is 0 Å². The first-order valence-electron chi connectivity index (χ1n) is 9.18. The largest absolute Gasteiger partial charge is 0.444 e. The lowest BCUT2D eigenvalue weighted by Gasteiger charge is -2.46. The zero-order chi connectivity index (χ0) is 17.2. The van der Waals surface area contributed by atoms with Crippen molar-refractivity contribution in [2.24, 2.45) is 0 Å². The Bertz CT molecular complexity index is 539. The Kier molecular flexibility index (Phi) is 5.14. The van der Waals surface area contributed by atoms with Crippen molar-refractivity contribution in [2.45, 2.75) is 70.1 Å². The van der Waals surface area contributed by atoms with Crippen LogP contribution in [0.5, 0.6) is 0 Å². The molecule has 1 aromatic rings. The predicted molar refractivity (Wildman–Crippen MR) is 96.2 cm³/mol. The van der Waals surface area contributed by atoms with E-state index in [2.05, 4.69) is 40.5 Å². The zero-order valence-corrected chi connectivity index (χ0v) is 15.1. The molecule has 1 aliphatic carbocycles. The minimum atomic E-state index is -0.292. The molecule has 24 heavy (non-hydrogen) atoms. The van der Waals surface area contributed by atoms with Crippen molar-refractivity contribution in [3.8, 4) is 0 Å². The fourth-order valence-corrected chi connectivity index (χ4v) is 3.83. The van der Waals surface area contributed by atoms with E-state index in [0.29, 0.717) is 12.0 Å². The van der Waals surface area contributed by atoms with Crippen LogP contribution >= 0.6 is 0 Å². The summed E-state index contributed by atoms with van der Waals surface area (Å²) in [6.45, 7) is 7.67. The summed E-state index contributed by atoms with van der Waals surface area (Å²) in [5, 5.41) is 2.86. The normalized spacial score (nSPS) is 25.8. The predicted octanol–water partition coefficient (Wildman–Crippen LogP) is 3.92. The number of likely N-dealkylation sites (tertiary alicyclic amines) is 1. The maximum Gasteiger partial charge on any atom is 0.407 e. The van der Waals surface area contributed by atoms with Gasteiger partial charge in [-0.05, 0) is 57.9 Å². The SMILES string of the molecule is CC(C)(C)NC(=O)OC1CN(C2CCC(c3ccccc3)CC2)C1. The average Bonchev–Trinajstić information content (AvgIpc) is 2.50. The molecule has 0 aromatic heterocycles. The van der Waals surface area contributed by atoms with Gasteiger partial charge in [0.25, 0.3) is 0 Å². The van der Waals surface area contributed by atoms with Gasteiger partial charge in [-0.15, -0.1) is 0 Å². The molecule has 4 heteroatoms. The van der Waals surface area contributed by atoms with Crippen molar-refractivity contribution in [2.75, 3.05) is 13.1 Å². The van der Waals surface area contributed by atoms with E-state index in [9.17, 15) is 4.79 Å². The zero-order valence-electron chi connectivity index (χ0n) is 15.1. The lowest BCUT2D eigenvalue weighted by atomic mass is 9.80. The molecule has 1 aromatic carbocycles. The molecule has 1 amide bonds. The van der Waals surface area contributed by atoms with Crippen molar-refractivity contribution in [1.82, 2.24) is 10.2 Å². The van der Waals surface area contributed by atoms with E-state index in [1.54, 1.807) is 0 Å². The van der Waals surface area contributed by atoms with Gasteiger partial charge in [0, 0.05) is 24.7 Å². The Labute approximate surface area is 145 Å². The van der Waals surface area contributed by atoms with Crippen LogP contribution in [0.25, 0.3) is 0 Å².